The van der Waals surface area contributed by atoms with E-state index < -0.39 is 71.2 Å². The first kappa shape index (κ1) is 32.3. The fourth-order valence-electron chi connectivity index (χ4n) is 4.47. The smallest absolute Gasteiger partial charge is 0.397 e. The standard InChI is InChI=1S/C26H21F9N6O3/c27-17-8-16-12(6-15(17)13-7-18(36)21(37-9-13)26(33,34)35)3-5-41(23(16)43)4-1-2-14(11-44-24(28)29)39-19-10-38-40-22(42)20(19)25(30,31)32/h3,5-10,14,24H,1-2,4,11,36H2,(H2,39,40,42). The maximum Gasteiger partial charge on any atom is 0.435 e. The molecule has 4 rings (SSSR count). The quantitative estimate of drug-likeness (QED) is 0.199. The molecule has 0 saturated heterocycles. The second kappa shape index (κ2) is 12.6. The summed E-state index contributed by atoms with van der Waals surface area (Å²) in [5.74, 6) is -0.950. The molecule has 236 valence electrons. The van der Waals surface area contributed by atoms with Crippen molar-refractivity contribution in [3.8, 4) is 11.1 Å². The molecule has 4 N–H and O–H groups in total. The maximum absolute atomic E-state index is 15.0. The van der Waals surface area contributed by atoms with E-state index >= 15 is 4.39 Å². The molecule has 0 aliphatic carbocycles. The van der Waals surface area contributed by atoms with Crippen LogP contribution in [0.15, 0.2) is 52.4 Å². The fraction of sp³-hybridized carbons (Fsp3) is 0.308. The van der Waals surface area contributed by atoms with Crippen LogP contribution in [0.25, 0.3) is 21.9 Å². The maximum atomic E-state index is 15.0. The molecule has 3 aromatic heterocycles. The van der Waals surface area contributed by atoms with Crippen LogP contribution in [0.1, 0.15) is 24.1 Å². The van der Waals surface area contributed by atoms with Crippen molar-refractivity contribution in [1.82, 2.24) is 19.7 Å². The Morgan fingerprint density at radius 2 is 1.77 bits per heavy atom. The lowest BCUT2D eigenvalue weighted by molar-refractivity contribution is -0.140. The van der Waals surface area contributed by atoms with Crippen molar-refractivity contribution in [2.45, 2.75) is 44.4 Å². The van der Waals surface area contributed by atoms with E-state index in [0.717, 1.165) is 22.9 Å². The van der Waals surface area contributed by atoms with Crippen molar-refractivity contribution < 1.29 is 44.3 Å². The van der Waals surface area contributed by atoms with Gasteiger partial charge in [0.1, 0.15) is 11.4 Å². The number of rotatable bonds is 10. The first-order valence-corrected chi connectivity index (χ1v) is 12.5. The summed E-state index contributed by atoms with van der Waals surface area (Å²) in [6.45, 7) is -4.08. The monoisotopic (exact) mass is 636 g/mol. The molecule has 0 spiro atoms. The Hall–Kier alpha value is -4.61. The summed E-state index contributed by atoms with van der Waals surface area (Å²) in [6, 6.07) is 3.28. The van der Waals surface area contributed by atoms with E-state index in [1.165, 1.54) is 18.3 Å². The van der Waals surface area contributed by atoms with Gasteiger partial charge in [-0.15, -0.1) is 0 Å². The van der Waals surface area contributed by atoms with Gasteiger partial charge in [-0.05, 0) is 42.5 Å². The molecule has 1 unspecified atom stereocenters. The summed E-state index contributed by atoms with van der Waals surface area (Å²) in [4.78, 5) is 28.0. The molecule has 1 aromatic carbocycles. The van der Waals surface area contributed by atoms with Gasteiger partial charge in [-0.25, -0.2) is 14.5 Å². The number of pyridine rings is 2. The highest BCUT2D eigenvalue weighted by atomic mass is 19.4. The topological polar surface area (TPSA) is 128 Å². The molecule has 0 saturated carbocycles. The largest absolute Gasteiger partial charge is 0.435 e. The number of hydrogen-bond donors (Lipinski definition) is 3. The number of benzene rings is 1. The van der Waals surface area contributed by atoms with Crippen molar-refractivity contribution in [3.05, 3.63) is 80.6 Å². The predicted octanol–water partition coefficient (Wildman–Crippen LogP) is 5.41. The number of alkyl halides is 8. The minimum Gasteiger partial charge on any atom is -0.397 e. The van der Waals surface area contributed by atoms with Crippen molar-refractivity contribution in [2.75, 3.05) is 17.7 Å². The molecule has 18 heteroatoms. The van der Waals surface area contributed by atoms with E-state index in [4.69, 9.17) is 5.73 Å². The number of hydrogen-bond acceptors (Lipinski definition) is 7. The number of fused-ring (bicyclic) bond motifs is 1. The molecular weight excluding hydrogens is 615 g/mol. The molecule has 0 fully saturated rings. The van der Waals surface area contributed by atoms with Crippen LogP contribution >= 0.6 is 0 Å². The van der Waals surface area contributed by atoms with Crippen LogP contribution in [0.4, 0.5) is 50.9 Å². The zero-order valence-electron chi connectivity index (χ0n) is 22.1. The van der Waals surface area contributed by atoms with Gasteiger partial charge in [0.15, 0.2) is 5.69 Å². The predicted molar refractivity (Wildman–Crippen MR) is 139 cm³/mol. The summed E-state index contributed by atoms with van der Waals surface area (Å²) >= 11 is 0. The molecule has 0 amide bonds. The van der Waals surface area contributed by atoms with Gasteiger partial charge >= 0.3 is 19.0 Å². The number of anilines is 2. The Labute approximate surface area is 240 Å². The van der Waals surface area contributed by atoms with Crippen molar-refractivity contribution >= 4 is 22.1 Å². The third-order valence-electron chi connectivity index (χ3n) is 6.44. The summed E-state index contributed by atoms with van der Waals surface area (Å²) < 4.78 is 125. The number of nitrogens with one attached hydrogen (secondary N) is 2. The summed E-state index contributed by atoms with van der Waals surface area (Å²) in [5, 5.41) is 7.44. The molecule has 0 radical (unpaired) electrons. The number of nitrogen functional groups attached to an aromatic ring is 1. The van der Waals surface area contributed by atoms with E-state index in [0.29, 0.717) is 6.20 Å². The highest BCUT2D eigenvalue weighted by molar-refractivity contribution is 5.87. The Bertz CT molecular complexity index is 1770. The number of aromatic nitrogens is 4. The van der Waals surface area contributed by atoms with E-state index in [1.54, 1.807) is 5.10 Å². The van der Waals surface area contributed by atoms with Crippen molar-refractivity contribution in [1.29, 1.82) is 0 Å². The highest BCUT2D eigenvalue weighted by Crippen LogP contribution is 2.35. The summed E-state index contributed by atoms with van der Waals surface area (Å²) in [5.41, 5.74) is -1.43. The number of halogens is 9. The van der Waals surface area contributed by atoms with Crippen LogP contribution in [-0.2, 0) is 23.6 Å². The molecule has 4 aromatic rings. The van der Waals surface area contributed by atoms with Crippen molar-refractivity contribution in [3.63, 3.8) is 0 Å². The van der Waals surface area contributed by atoms with Crippen LogP contribution < -0.4 is 22.2 Å². The molecule has 44 heavy (non-hydrogen) atoms. The Kier molecular flexibility index (Phi) is 9.22. The Morgan fingerprint density at radius 1 is 1.05 bits per heavy atom. The normalized spacial score (nSPS) is 13.0. The third kappa shape index (κ3) is 7.29. The number of H-pyrrole nitrogens is 1. The molecular formula is C26H21F9N6O3. The van der Waals surface area contributed by atoms with Crippen LogP contribution in [-0.4, -0.2) is 39.0 Å². The second-order valence-electron chi connectivity index (χ2n) is 9.46. The van der Waals surface area contributed by atoms with Crippen LogP contribution in [0.5, 0.6) is 0 Å². The fourth-order valence-corrected chi connectivity index (χ4v) is 4.47. The van der Waals surface area contributed by atoms with E-state index in [-0.39, 0.29) is 41.3 Å². The second-order valence-corrected chi connectivity index (χ2v) is 9.46. The number of ether oxygens (including phenoxy) is 1. The first-order valence-electron chi connectivity index (χ1n) is 12.5. The van der Waals surface area contributed by atoms with Crippen LogP contribution in [0.3, 0.4) is 0 Å². The number of aromatic amines is 1. The number of nitrogens with zero attached hydrogens (tertiary/aromatic N) is 3. The lowest BCUT2D eigenvalue weighted by Crippen LogP contribution is -2.32. The third-order valence-corrected chi connectivity index (χ3v) is 6.44. The lowest BCUT2D eigenvalue weighted by atomic mass is 10.0. The highest BCUT2D eigenvalue weighted by Gasteiger charge is 2.38. The first-order chi connectivity index (χ1) is 20.6. The molecule has 9 nitrogen and oxygen atoms in total. The zero-order valence-corrected chi connectivity index (χ0v) is 22.1. The van der Waals surface area contributed by atoms with Gasteiger partial charge in [0.05, 0.1) is 29.6 Å². The van der Waals surface area contributed by atoms with Gasteiger partial charge in [-0.3, -0.25) is 9.59 Å². The minimum absolute atomic E-state index is 0.0325. The number of aryl methyl sites for hydroxylation is 1. The average Bonchev–Trinajstić information content (AvgIpc) is 2.91. The minimum atomic E-state index is -5.09. The van der Waals surface area contributed by atoms with Crippen LogP contribution in [0.2, 0.25) is 0 Å². The van der Waals surface area contributed by atoms with E-state index in [2.05, 4.69) is 20.1 Å². The summed E-state index contributed by atoms with van der Waals surface area (Å²) in [7, 11) is 0. The number of nitrogens with two attached hydrogens (primary N) is 1. The lowest BCUT2D eigenvalue weighted by Gasteiger charge is -2.22. The van der Waals surface area contributed by atoms with Crippen LogP contribution in [0, 0.1) is 5.82 Å². The molecule has 1 atom stereocenters. The Balaban J connectivity index is 1.54. The van der Waals surface area contributed by atoms with Gasteiger partial charge in [-0.1, -0.05) is 0 Å². The zero-order chi connectivity index (χ0) is 32.4. The molecule has 0 bridgehead atoms. The van der Waals surface area contributed by atoms with E-state index in [1.807, 2.05) is 0 Å². The average molecular weight is 636 g/mol. The summed E-state index contributed by atoms with van der Waals surface area (Å²) in [6.07, 6.45) is -7.19. The SMILES string of the molecule is Nc1cc(-c2cc3ccn(CCCC(COC(F)F)Nc4cn[nH]c(=O)c4C(F)(F)F)c(=O)c3cc2F)cnc1C(F)(F)F. The van der Waals surface area contributed by atoms with Gasteiger partial charge < -0.3 is 20.4 Å². The molecule has 0 aliphatic rings. The van der Waals surface area contributed by atoms with Gasteiger partial charge in [0.25, 0.3) is 11.1 Å². The van der Waals surface area contributed by atoms with Crippen molar-refractivity contribution in [2.24, 2.45) is 0 Å². The Morgan fingerprint density at radius 3 is 2.41 bits per heavy atom. The molecule has 3 heterocycles. The van der Waals surface area contributed by atoms with Gasteiger partial charge in [-0.2, -0.15) is 40.2 Å². The molecule has 0 aliphatic heterocycles. The van der Waals surface area contributed by atoms with E-state index in [9.17, 15) is 44.7 Å². The van der Waals surface area contributed by atoms with Gasteiger partial charge in [0.2, 0.25) is 0 Å². The van der Waals surface area contributed by atoms with Gasteiger partial charge in [0, 0.05) is 36.1 Å².